The average Bonchev–Trinajstić information content (AvgIpc) is 2.94. The summed E-state index contributed by atoms with van der Waals surface area (Å²) >= 11 is 0. The highest BCUT2D eigenvalue weighted by Gasteiger charge is 2.39. The lowest BCUT2D eigenvalue weighted by Crippen LogP contribution is -2.56. The van der Waals surface area contributed by atoms with Crippen LogP contribution in [0.25, 0.3) is 0 Å². The van der Waals surface area contributed by atoms with Crippen LogP contribution in [0.5, 0.6) is 0 Å². The topological polar surface area (TPSA) is 105 Å². The Labute approximate surface area is 159 Å². The van der Waals surface area contributed by atoms with Crippen LogP contribution in [-0.2, 0) is 9.59 Å². The van der Waals surface area contributed by atoms with Gasteiger partial charge in [0.25, 0.3) is 5.91 Å². The van der Waals surface area contributed by atoms with Crippen LogP contribution in [0.2, 0.25) is 0 Å². The van der Waals surface area contributed by atoms with Crippen LogP contribution in [0, 0.1) is 0 Å². The predicted molar refractivity (Wildman–Crippen MR) is 102 cm³/mol. The molecule has 1 atom stereocenters. The van der Waals surface area contributed by atoms with Gasteiger partial charge in [0, 0.05) is 11.6 Å². The largest absolute Gasteiger partial charge is 0.465 e. The monoisotopic (exact) mass is 378 g/mol. The molecule has 1 aromatic rings. The summed E-state index contributed by atoms with van der Waals surface area (Å²) in [4.78, 5) is 38.4. The van der Waals surface area contributed by atoms with E-state index >= 15 is 0 Å². The van der Waals surface area contributed by atoms with Crippen LogP contribution in [-0.4, -0.2) is 49.2 Å². The molecule has 2 N–H and O–H groups in total. The molecule has 2 rings (SSSR count). The SMILES string of the molecule is CCCC[C@@H](C(=O)C(=O)Nc1ccnn1C1CCC1)N(C(=O)O)C(C)(C)C. The number of hydrogen-bond acceptors (Lipinski definition) is 4. The van der Waals surface area contributed by atoms with E-state index in [1.165, 1.54) is 0 Å². The number of carbonyl (C=O) groups is 3. The van der Waals surface area contributed by atoms with Gasteiger partial charge in [0.15, 0.2) is 0 Å². The summed E-state index contributed by atoms with van der Waals surface area (Å²) in [5.74, 6) is -1.06. The molecule has 2 amide bonds. The smallest absolute Gasteiger partial charge is 0.408 e. The van der Waals surface area contributed by atoms with Crippen molar-refractivity contribution in [3.05, 3.63) is 12.3 Å². The summed E-state index contributed by atoms with van der Waals surface area (Å²) in [5.41, 5.74) is -0.798. The number of rotatable bonds is 8. The Morgan fingerprint density at radius 1 is 1.37 bits per heavy atom. The highest BCUT2D eigenvalue weighted by atomic mass is 16.4. The van der Waals surface area contributed by atoms with Gasteiger partial charge in [-0.3, -0.25) is 14.5 Å². The quantitative estimate of drug-likeness (QED) is 0.674. The second kappa shape index (κ2) is 8.54. The van der Waals surface area contributed by atoms with Gasteiger partial charge in [-0.2, -0.15) is 5.10 Å². The van der Waals surface area contributed by atoms with Crippen molar-refractivity contribution in [2.24, 2.45) is 0 Å². The fourth-order valence-corrected chi connectivity index (χ4v) is 3.33. The molecule has 1 aliphatic carbocycles. The number of unbranched alkanes of at least 4 members (excludes halogenated alkanes) is 1. The average molecular weight is 378 g/mol. The molecule has 1 saturated carbocycles. The van der Waals surface area contributed by atoms with Gasteiger partial charge < -0.3 is 10.4 Å². The van der Waals surface area contributed by atoms with Crippen LogP contribution < -0.4 is 5.32 Å². The van der Waals surface area contributed by atoms with E-state index in [0.29, 0.717) is 18.7 Å². The summed E-state index contributed by atoms with van der Waals surface area (Å²) in [6, 6.07) is 0.886. The molecule has 0 aromatic carbocycles. The summed E-state index contributed by atoms with van der Waals surface area (Å²) < 4.78 is 1.73. The van der Waals surface area contributed by atoms with Crippen LogP contribution >= 0.6 is 0 Å². The minimum Gasteiger partial charge on any atom is -0.465 e. The lowest BCUT2D eigenvalue weighted by molar-refractivity contribution is -0.139. The van der Waals surface area contributed by atoms with E-state index in [9.17, 15) is 19.5 Å². The van der Waals surface area contributed by atoms with Crippen LogP contribution in [0.15, 0.2) is 12.3 Å². The Bertz CT molecular complexity index is 688. The summed E-state index contributed by atoms with van der Waals surface area (Å²) in [7, 11) is 0. The molecule has 0 unspecified atom stereocenters. The fraction of sp³-hybridized carbons (Fsp3) is 0.684. The van der Waals surface area contributed by atoms with Gasteiger partial charge in [-0.15, -0.1) is 0 Å². The molecular formula is C19H30N4O4. The molecule has 8 nitrogen and oxygen atoms in total. The van der Waals surface area contributed by atoms with Crippen LogP contribution in [0.1, 0.15) is 72.3 Å². The molecule has 1 aromatic heterocycles. The van der Waals surface area contributed by atoms with Crippen molar-refractivity contribution in [3.63, 3.8) is 0 Å². The molecular weight excluding hydrogens is 348 g/mol. The Balaban J connectivity index is 2.19. The number of anilines is 1. The highest BCUT2D eigenvalue weighted by Crippen LogP contribution is 2.33. The fourth-order valence-electron chi connectivity index (χ4n) is 3.33. The first-order valence-corrected chi connectivity index (χ1v) is 9.57. The molecule has 0 radical (unpaired) electrons. The Kier molecular flexibility index (Phi) is 6.62. The van der Waals surface area contributed by atoms with E-state index in [-0.39, 0.29) is 6.04 Å². The molecule has 1 aliphatic rings. The van der Waals surface area contributed by atoms with E-state index in [2.05, 4.69) is 10.4 Å². The zero-order valence-electron chi connectivity index (χ0n) is 16.6. The van der Waals surface area contributed by atoms with Crippen molar-refractivity contribution in [1.82, 2.24) is 14.7 Å². The molecule has 27 heavy (non-hydrogen) atoms. The Hall–Kier alpha value is -2.38. The van der Waals surface area contributed by atoms with E-state index in [1.54, 1.807) is 37.7 Å². The normalized spacial score (nSPS) is 15.7. The number of ketones is 1. The van der Waals surface area contributed by atoms with Crippen molar-refractivity contribution >= 4 is 23.6 Å². The van der Waals surface area contributed by atoms with Gasteiger partial charge in [0.2, 0.25) is 5.78 Å². The van der Waals surface area contributed by atoms with Gasteiger partial charge in [-0.05, 0) is 46.5 Å². The molecule has 0 saturated heterocycles. The number of nitrogens with one attached hydrogen (secondary N) is 1. The standard InChI is InChI=1S/C19H30N4O4/c1-5-6-10-14(22(18(26)27)19(2,3)4)16(24)17(25)21-15-11-12-20-23(15)13-8-7-9-13/h11-14H,5-10H2,1-4H3,(H,21,25)(H,26,27)/t14-/m0/s1. The maximum absolute atomic E-state index is 12.9. The third kappa shape index (κ3) is 4.87. The molecule has 8 heteroatoms. The van der Waals surface area contributed by atoms with E-state index < -0.39 is 29.4 Å². The van der Waals surface area contributed by atoms with Gasteiger partial charge >= 0.3 is 6.09 Å². The number of carbonyl (C=O) groups excluding carboxylic acids is 2. The number of nitrogens with zero attached hydrogens (tertiary/aromatic N) is 3. The third-order valence-electron chi connectivity index (χ3n) is 4.93. The van der Waals surface area contributed by atoms with Crippen molar-refractivity contribution in [2.75, 3.05) is 5.32 Å². The first-order valence-electron chi connectivity index (χ1n) is 9.57. The van der Waals surface area contributed by atoms with Gasteiger partial charge in [0.1, 0.15) is 11.9 Å². The molecule has 0 aliphatic heterocycles. The first kappa shape index (κ1) is 20.9. The highest BCUT2D eigenvalue weighted by molar-refractivity contribution is 6.42. The predicted octanol–water partition coefficient (Wildman–Crippen LogP) is 3.45. The Morgan fingerprint density at radius 2 is 2.04 bits per heavy atom. The molecule has 150 valence electrons. The third-order valence-corrected chi connectivity index (χ3v) is 4.93. The van der Waals surface area contributed by atoms with Crippen molar-refractivity contribution in [3.8, 4) is 0 Å². The van der Waals surface area contributed by atoms with Gasteiger partial charge in [-0.25, -0.2) is 9.48 Å². The maximum atomic E-state index is 12.9. The number of carboxylic acid groups (broad SMARTS) is 1. The molecule has 0 spiro atoms. The molecule has 1 fully saturated rings. The summed E-state index contributed by atoms with van der Waals surface area (Å²) in [6.45, 7) is 7.12. The van der Waals surface area contributed by atoms with Gasteiger partial charge in [0.05, 0.1) is 12.2 Å². The van der Waals surface area contributed by atoms with E-state index in [4.69, 9.17) is 0 Å². The van der Waals surface area contributed by atoms with Crippen molar-refractivity contribution in [1.29, 1.82) is 0 Å². The molecule has 0 bridgehead atoms. The summed E-state index contributed by atoms with van der Waals surface area (Å²) in [6.07, 6.45) is 5.27. The lowest BCUT2D eigenvalue weighted by Gasteiger charge is -2.38. The lowest BCUT2D eigenvalue weighted by atomic mass is 9.93. The van der Waals surface area contributed by atoms with E-state index in [1.807, 2.05) is 6.92 Å². The van der Waals surface area contributed by atoms with Gasteiger partial charge in [-0.1, -0.05) is 19.8 Å². The number of hydrogen-bond donors (Lipinski definition) is 2. The second-order valence-corrected chi connectivity index (χ2v) is 8.05. The number of aromatic nitrogens is 2. The first-order chi connectivity index (χ1) is 12.7. The van der Waals surface area contributed by atoms with Crippen LogP contribution in [0.4, 0.5) is 10.6 Å². The zero-order valence-corrected chi connectivity index (χ0v) is 16.6. The van der Waals surface area contributed by atoms with Crippen LogP contribution in [0.3, 0.4) is 0 Å². The van der Waals surface area contributed by atoms with Crippen molar-refractivity contribution < 1.29 is 19.5 Å². The van der Waals surface area contributed by atoms with Crippen molar-refractivity contribution in [2.45, 2.75) is 83.8 Å². The maximum Gasteiger partial charge on any atom is 0.408 e. The minimum atomic E-state index is -1.20. The second-order valence-electron chi connectivity index (χ2n) is 8.05. The number of Topliss-reactive ketones (excluding diaryl/α,β-unsaturated/α-hetero) is 1. The van der Waals surface area contributed by atoms with E-state index in [0.717, 1.165) is 30.6 Å². The summed E-state index contributed by atoms with van der Waals surface area (Å²) in [5, 5.41) is 16.5. The Morgan fingerprint density at radius 3 is 2.52 bits per heavy atom. The molecule has 1 heterocycles. The zero-order chi connectivity index (χ0) is 20.2. The minimum absolute atomic E-state index is 0.242. The number of amides is 2.